The molecule has 2 rings (SSSR count). The van der Waals surface area contributed by atoms with Gasteiger partial charge >= 0.3 is 0 Å². The fraction of sp³-hybridized carbons (Fsp3) is 0.882. The standard InChI is InChI=1S/C17H34N6O/c1-4-22-8-5-6-16(22)14-20-17(18-3)19-7-9-21-10-12-23(13-11-21)15(2)24/h16H,4-14H2,1-3H3,(H2,18,19,20). The van der Waals surface area contributed by atoms with Gasteiger partial charge in [-0.05, 0) is 25.9 Å². The van der Waals surface area contributed by atoms with Crippen LogP contribution in [0.5, 0.6) is 0 Å². The largest absolute Gasteiger partial charge is 0.355 e. The lowest BCUT2D eigenvalue weighted by atomic mass is 10.2. The maximum absolute atomic E-state index is 11.3. The normalized spacial score (nSPS) is 23.5. The minimum Gasteiger partial charge on any atom is -0.355 e. The molecular formula is C17H34N6O. The predicted molar refractivity (Wildman–Crippen MR) is 98.3 cm³/mol. The van der Waals surface area contributed by atoms with E-state index in [0.717, 1.165) is 58.3 Å². The minimum absolute atomic E-state index is 0.186. The van der Waals surface area contributed by atoms with Gasteiger partial charge in [0, 0.05) is 65.8 Å². The second-order valence-corrected chi connectivity index (χ2v) is 6.65. The molecule has 2 heterocycles. The highest BCUT2D eigenvalue weighted by atomic mass is 16.2. The van der Waals surface area contributed by atoms with E-state index in [1.165, 1.54) is 19.4 Å². The molecule has 1 unspecified atom stereocenters. The summed E-state index contributed by atoms with van der Waals surface area (Å²) >= 11 is 0. The molecule has 2 N–H and O–H groups in total. The van der Waals surface area contributed by atoms with Crippen molar-refractivity contribution in [2.45, 2.75) is 32.7 Å². The van der Waals surface area contributed by atoms with Crippen LogP contribution >= 0.6 is 0 Å². The number of carbonyl (C=O) groups excluding carboxylic acids is 1. The van der Waals surface area contributed by atoms with Crippen molar-refractivity contribution < 1.29 is 4.79 Å². The van der Waals surface area contributed by atoms with E-state index in [1.807, 2.05) is 11.9 Å². The first-order chi connectivity index (χ1) is 11.6. The molecule has 0 saturated carbocycles. The first-order valence-electron chi connectivity index (χ1n) is 9.30. The molecule has 0 aromatic carbocycles. The number of likely N-dealkylation sites (tertiary alicyclic amines) is 1. The summed E-state index contributed by atoms with van der Waals surface area (Å²) in [5, 5.41) is 6.87. The number of amides is 1. The Kier molecular flexibility index (Phi) is 7.78. The van der Waals surface area contributed by atoms with Crippen LogP contribution in [0.3, 0.4) is 0 Å². The summed E-state index contributed by atoms with van der Waals surface area (Å²) < 4.78 is 0. The van der Waals surface area contributed by atoms with Gasteiger partial charge < -0.3 is 15.5 Å². The first kappa shape index (κ1) is 19.0. The zero-order valence-corrected chi connectivity index (χ0v) is 15.6. The molecule has 2 saturated heterocycles. The number of piperazine rings is 1. The van der Waals surface area contributed by atoms with E-state index >= 15 is 0 Å². The van der Waals surface area contributed by atoms with Crippen molar-refractivity contribution in [1.82, 2.24) is 25.3 Å². The molecule has 0 bridgehead atoms. The lowest BCUT2D eigenvalue weighted by Gasteiger charge is -2.34. The number of guanidine groups is 1. The number of carbonyl (C=O) groups is 1. The van der Waals surface area contributed by atoms with Crippen molar-refractivity contribution in [3.63, 3.8) is 0 Å². The van der Waals surface area contributed by atoms with Gasteiger partial charge in [0.2, 0.25) is 5.91 Å². The van der Waals surface area contributed by atoms with Crippen molar-refractivity contribution in [2.24, 2.45) is 4.99 Å². The van der Waals surface area contributed by atoms with E-state index in [0.29, 0.717) is 6.04 Å². The third-order valence-corrected chi connectivity index (χ3v) is 5.17. The summed E-state index contributed by atoms with van der Waals surface area (Å²) in [7, 11) is 1.83. The SMILES string of the molecule is CCN1CCCC1CNC(=NC)NCCN1CCN(C(C)=O)CC1. The molecule has 138 valence electrons. The van der Waals surface area contributed by atoms with Crippen LogP contribution in [0, 0.1) is 0 Å². The average Bonchev–Trinajstić information content (AvgIpc) is 3.05. The third kappa shape index (κ3) is 5.63. The van der Waals surface area contributed by atoms with Crippen LogP contribution in [0.15, 0.2) is 4.99 Å². The summed E-state index contributed by atoms with van der Waals surface area (Å²) in [4.78, 5) is 22.5. The van der Waals surface area contributed by atoms with Crippen LogP contribution < -0.4 is 10.6 Å². The second-order valence-electron chi connectivity index (χ2n) is 6.65. The molecule has 2 aliphatic rings. The fourth-order valence-corrected chi connectivity index (χ4v) is 3.60. The van der Waals surface area contributed by atoms with E-state index in [4.69, 9.17) is 0 Å². The van der Waals surface area contributed by atoms with Crippen LogP contribution in [0.4, 0.5) is 0 Å². The molecule has 0 aromatic rings. The fourth-order valence-electron chi connectivity index (χ4n) is 3.60. The zero-order chi connectivity index (χ0) is 17.4. The monoisotopic (exact) mass is 338 g/mol. The van der Waals surface area contributed by atoms with E-state index < -0.39 is 0 Å². The smallest absolute Gasteiger partial charge is 0.219 e. The highest BCUT2D eigenvalue weighted by Gasteiger charge is 2.23. The molecule has 2 fully saturated rings. The van der Waals surface area contributed by atoms with Crippen LogP contribution in [-0.4, -0.2) is 98.6 Å². The Morgan fingerprint density at radius 2 is 1.92 bits per heavy atom. The van der Waals surface area contributed by atoms with Gasteiger partial charge in [0.25, 0.3) is 0 Å². The van der Waals surface area contributed by atoms with E-state index in [2.05, 4.69) is 32.3 Å². The summed E-state index contributed by atoms with van der Waals surface area (Å²) in [6.45, 7) is 12.7. The van der Waals surface area contributed by atoms with Crippen LogP contribution in [-0.2, 0) is 4.79 Å². The van der Waals surface area contributed by atoms with Gasteiger partial charge in [-0.1, -0.05) is 6.92 Å². The van der Waals surface area contributed by atoms with Crippen molar-refractivity contribution in [3.05, 3.63) is 0 Å². The number of rotatable bonds is 6. The Labute approximate surface area is 146 Å². The van der Waals surface area contributed by atoms with Crippen molar-refractivity contribution >= 4 is 11.9 Å². The minimum atomic E-state index is 0.186. The van der Waals surface area contributed by atoms with Crippen molar-refractivity contribution in [1.29, 1.82) is 0 Å². The molecule has 0 spiro atoms. The Balaban J connectivity index is 1.61. The predicted octanol–water partition coefficient (Wildman–Crippen LogP) is -0.200. The molecule has 0 aromatic heterocycles. The molecule has 24 heavy (non-hydrogen) atoms. The van der Waals surface area contributed by atoms with E-state index in [1.54, 1.807) is 6.92 Å². The summed E-state index contributed by atoms with van der Waals surface area (Å²) in [5.74, 6) is 1.07. The van der Waals surface area contributed by atoms with E-state index in [9.17, 15) is 4.79 Å². The summed E-state index contributed by atoms with van der Waals surface area (Å²) in [6.07, 6.45) is 2.58. The Hall–Kier alpha value is -1.34. The maximum Gasteiger partial charge on any atom is 0.219 e. The number of likely N-dealkylation sites (N-methyl/N-ethyl adjacent to an activating group) is 1. The first-order valence-corrected chi connectivity index (χ1v) is 9.30. The Bertz CT molecular complexity index is 419. The quantitative estimate of drug-likeness (QED) is 0.519. The molecule has 7 heteroatoms. The number of nitrogens with one attached hydrogen (secondary N) is 2. The van der Waals surface area contributed by atoms with Gasteiger partial charge in [-0.25, -0.2) is 0 Å². The molecule has 0 radical (unpaired) electrons. The second kappa shape index (κ2) is 9.84. The zero-order valence-electron chi connectivity index (χ0n) is 15.6. The summed E-state index contributed by atoms with van der Waals surface area (Å²) in [5.41, 5.74) is 0. The number of aliphatic imine (C=N–C) groups is 1. The topological polar surface area (TPSA) is 63.2 Å². The third-order valence-electron chi connectivity index (χ3n) is 5.17. The molecule has 0 aliphatic carbocycles. The van der Waals surface area contributed by atoms with Gasteiger partial charge in [-0.3, -0.25) is 19.6 Å². The molecule has 2 aliphatic heterocycles. The van der Waals surface area contributed by atoms with Crippen LogP contribution in [0.2, 0.25) is 0 Å². The molecule has 1 amide bonds. The highest BCUT2D eigenvalue weighted by molar-refractivity contribution is 5.79. The average molecular weight is 339 g/mol. The van der Waals surface area contributed by atoms with Gasteiger partial charge in [-0.2, -0.15) is 0 Å². The molecule has 7 nitrogen and oxygen atoms in total. The Morgan fingerprint density at radius 3 is 2.54 bits per heavy atom. The van der Waals surface area contributed by atoms with Crippen LogP contribution in [0.1, 0.15) is 26.7 Å². The summed E-state index contributed by atoms with van der Waals surface area (Å²) in [6, 6.07) is 0.633. The van der Waals surface area contributed by atoms with Crippen molar-refractivity contribution in [2.75, 3.05) is 66.0 Å². The van der Waals surface area contributed by atoms with Gasteiger partial charge in [0.05, 0.1) is 0 Å². The maximum atomic E-state index is 11.3. The van der Waals surface area contributed by atoms with Gasteiger partial charge in [0.15, 0.2) is 5.96 Å². The van der Waals surface area contributed by atoms with Crippen molar-refractivity contribution in [3.8, 4) is 0 Å². The lowest BCUT2D eigenvalue weighted by molar-refractivity contribution is -0.130. The van der Waals surface area contributed by atoms with Crippen LogP contribution in [0.25, 0.3) is 0 Å². The number of hydrogen-bond acceptors (Lipinski definition) is 4. The van der Waals surface area contributed by atoms with E-state index in [-0.39, 0.29) is 5.91 Å². The molecular weight excluding hydrogens is 304 g/mol. The highest BCUT2D eigenvalue weighted by Crippen LogP contribution is 2.15. The number of hydrogen-bond donors (Lipinski definition) is 2. The number of nitrogens with zero attached hydrogens (tertiary/aromatic N) is 4. The Morgan fingerprint density at radius 1 is 1.17 bits per heavy atom. The van der Waals surface area contributed by atoms with Gasteiger partial charge in [-0.15, -0.1) is 0 Å². The van der Waals surface area contributed by atoms with Gasteiger partial charge in [0.1, 0.15) is 0 Å². The lowest BCUT2D eigenvalue weighted by Crippen LogP contribution is -2.51. The molecule has 1 atom stereocenters.